The molecule has 0 aliphatic carbocycles. The number of nitrogens with one attached hydrogen (secondary N) is 1. The maximum absolute atomic E-state index is 13.1. The van der Waals surface area contributed by atoms with Crippen molar-refractivity contribution < 1.29 is 9.13 Å². The largest absolute Gasteiger partial charge is 0.455 e. The van der Waals surface area contributed by atoms with Gasteiger partial charge < -0.3 is 10.1 Å². The van der Waals surface area contributed by atoms with Gasteiger partial charge in [-0.3, -0.25) is 4.98 Å². The van der Waals surface area contributed by atoms with Crippen LogP contribution in [0.3, 0.4) is 0 Å². The van der Waals surface area contributed by atoms with Crippen LogP contribution < -0.4 is 10.1 Å². The smallest absolute Gasteiger partial charge is 0.146 e. The van der Waals surface area contributed by atoms with E-state index in [0.29, 0.717) is 18.0 Å². The average Bonchev–Trinajstić information content (AvgIpc) is 2.40. The van der Waals surface area contributed by atoms with Crippen molar-refractivity contribution in [2.45, 2.75) is 32.9 Å². The highest BCUT2D eigenvalue weighted by Gasteiger charge is 2.12. The predicted molar refractivity (Wildman–Crippen MR) is 82.3 cm³/mol. The van der Waals surface area contributed by atoms with Gasteiger partial charge in [0.05, 0.1) is 5.02 Å². The second-order valence-electron chi connectivity index (χ2n) is 5.76. The fourth-order valence-corrected chi connectivity index (χ4v) is 1.89. The van der Waals surface area contributed by atoms with Crippen LogP contribution in [0.15, 0.2) is 36.7 Å². The molecule has 2 rings (SSSR count). The Morgan fingerprint density at radius 1 is 1.24 bits per heavy atom. The third-order valence-corrected chi connectivity index (χ3v) is 3.08. The highest BCUT2D eigenvalue weighted by molar-refractivity contribution is 6.32. The van der Waals surface area contributed by atoms with Gasteiger partial charge in [0.1, 0.15) is 17.3 Å². The molecule has 0 fully saturated rings. The van der Waals surface area contributed by atoms with Crippen LogP contribution in [0.1, 0.15) is 26.3 Å². The normalized spacial score (nSPS) is 11.5. The minimum atomic E-state index is -0.392. The van der Waals surface area contributed by atoms with E-state index in [1.165, 1.54) is 18.2 Å². The lowest BCUT2D eigenvalue weighted by Gasteiger charge is -2.21. The van der Waals surface area contributed by atoms with Crippen LogP contribution in [0, 0.1) is 5.82 Å². The van der Waals surface area contributed by atoms with Crippen LogP contribution in [-0.4, -0.2) is 10.5 Å². The van der Waals surface area contributed by atoms with Gasteiger partial charge in [0.15, 0.2) is 0 Å². The summed E-state index contributed by atoms with van der Waals surface area (Å²) >= 11 is 5.99. The van der Waals surface area contributed by atoms with Crippen molar-refractivity contribution in [3.05, 3.63) is 53.1 Å². The maximum atomic E-state index is 13.1. The molecule has 0 saturated heterocycles. The van der Waals surface area contributed by atoms with Crippen LogP contribution >= 0.6 is 11.6 Å². The number of benzene rings is 1. The molecule has 0 radical (unpaired) electrons. The number of pyridine rings is 1. The van der Waals surface area contributed by atoms with Crippen molar-refractivity contribution in [2.75, 3.05) is 0 Å². The number of ether oxygens (including phenoxy) is 1. The zero-order valence-corrected chi connectivity index (χ0v) is 13.0. The number of hydrogen-bond donors (Lipinski definition) is 1. The average molecular weight is 309 g/mol. The Morgan fingerprint density at radius 3 is 2.67 bits per heavy atom. The summed E-state index contributed by atoms with van der Waals surface area (Å²) in [6.07, 6.45) is 3.39. The molecule has 0 aliphatic rings. The lowest BCUT2D eigenvalue weighted by atomic mass is 10.1. The molecule has 0 amide bonds. The van der Waals surface area contributed by atoms with Gasteiger partial charge in [0.25, 0.3) is 0 Å². The van der Waals surface area contributed by atoms with Crippen LogP contribution in [-0.2, 0) is 6.54 Å². The van der Waals surface area contributed by atoms with Gasteiger partial charge in [-0.1, -0.05) is 11.6 Å². The molecule has 2 aromatic rings. The van der Waals surface area contributed by atoms with Crippen LogP contribution in [0.5, 0.6) is 11.5 Å². The molecule has 0 spiro atoms. The van der Waals surface area contributed by atoms with Gasteiger partial charge in [-0.2, -0.15) is 0 Å². The summed E-state index contributed by atoms with van der Waals surface area (Å²) in [5, 5.41) is 3.61. The molecule has 0 bridgehead atoms. The topological polar surface area (TPSA) is 34.2 Å². The zero-order valence-electron chi connectivity index (χ0n) is 12.3. The molecular formula is C16H18ClFN2O. The molecule has 0 atom stereocenters. The molecule has 112 valence electrons. The minimum absolute atomic E-state index is 0.0133. The van der Waals surface area contributed by atoms with Gasteiger partial charge >= 0.3 is 0 Å². The van der Waals surface area contributed by atoms with Crippen molar-refractivity contribution in [1.82, 2.24) is 10.3 Å². The second-order valence-corrected chi connectivity index (χ2v) is 6.17. The summed E-state index contributed by atoms with van der Waals surface area (Å²) < 4.78 is 18.8. The third-order valence-electron chi connectivity index (χ3n) is 2.78. The summed E-state index contributed by atoms with van der Waals surface area (Å²) in [5.74, 6) is 0.674. The molecule has 1 aromatic carbocycles. The molecule has 21 heavy (non-hydrogen) atoms. The lowest BCUT2D eigenvalue weighted by Crippen LogP contribution is -2.35. The van der Waals surface area contributed by atoms with Crippen LogP contribution in [0.4, 0.5) is 4.39 Å². The van der Waals surface area contributed by atoms with Gasteiger partial charge in [-0.25, -0.2) is 4.39 Å². The van der Waals surface area contributed by atoms with E-state index in [1.54, 1.807) is 18.5 Å². The van der Waals surface area contributed by atoms with E-state index in [4.69, 9.17) is 16.3 Å². The Bertz CT molecular complexity index is 626. The number of nitrogens with zero attached hydrogens (tertiary/aromatic N) is 1. The maximum Gasteiger partial charge on any atom is 0.146 e. The summed E-state index contributed by atoms with van der Waals surface area (Å²) in [6.45, 7) is 6.87. The molecule has 0 saturated carbocycles. The van der Waals surface area contributed by atoms with Crippen molar-refractivity contribution in [1.29, 1.82) is 0 Å². The molecule has 0 unspecified atom stereocenters. The van der Waals surface area contributed by atoms with Gasteiger partial charge in [-0.15, -0.1) is 0 Å². The Kier molecular flexibility index (Phi) is 4.80. The van der Waals surface area contributed by atoms with E-state index in [-0.39, 0.29) is 10.6 Å². The number of rotatable bonds is 4. The molecule has 1 heterocycles. The van der Waals surface area contributed by atoms with Crippen LogP contribution in [0.2, 0.25) is 5.02 Å². The number of aromatic nitrogens is 1. The molecule has 1 N–H and O–H groups in total. The molecule has 3 nitrogen and oxygen atoms in total. The van der Waals surface area contributed by atoms with Crippen molar-refractivity contribution in [2.24, 2.45) is 0 Å². The van der Waals surface area contributed by atoms with Crippen LogP contribution in [0.25, 0.3) is 0 Å². The summed E-state index contributed by atoms with van der Waals surface area (Å²) in [7, 11) is 0. The van der Waals surface area contributed by atoms with E-state index in [1.807, 2.05) is 0 Å². The number of hydrogen-bond acceptors (Lipinski definition) is 3. The number of halogens is 2. The SMILES string of the molecule is CC(C)(C)NCc1cnccc1Oc1ccc(F)cc1Cl. The second kappa shape index (κ2) is 6.41. The highest BCUT2D eigenvalue weighted by Crippen LogP contribution is 2.31. The first kappa shape index (κ1) is 15.7. The van der Waals surface area contributed by atoms with Crippen molar-refractivity contribution >= 4 is 11.6 Å². The molecule has 0 aliphatic heterocycles. The van der Waals surface area contributed by atoms with Gasteiger partial charge in [0, 0.05) is 30.0 Å². The van der Waals surface area contributed by atoms with Gasteiger partial charge in [0.2, 0.25) is 0 Å². The summed E-state index contributed by atoms with van der Waals surface area (Å²) in [6, 6.07) is 5.82. The Hall–Kier alpha value is -1.65. The van der Waals surface area contributed by atoms with Crippen molar-refractivity contribution in [3.63, 3.8) is 0 Å². The molecule has 1 aromatic heterocycles. The van der Waals surface area contributed by atoms with E-state index >= 15 is 0 Å². The predicted octanol–water partition coefficient (Wildman–Crippen LogP) is 4.55. The van der Waals surface area contributed by atoms with Crippen molar-refractivity contribution in [3.8, 4) is 11.5 Å². The summed E-state index contributed by atoms with van der Waals surface area (Å²) in [5.41, 5.74) is 0.897. The lowest BCUT2D eigenvalue weighted by molar-refractivity contribution is 0.413. The van der Waals surface area contributed by atoms with Gasteiger partial charge in [-0.05, 0) is 45.0 Å². The van der Waals surface area contributed by atoms with E-state index in [2.05, 4.69) is 31.1 Å². The first-order valence-corrected chi connectivity index (χ1v) is 7.04. The monoisotopic (exact) mass is 308 g/mol. The van der Waals surface area contributed by atoms with E-state index in [9.17, 15) is 4.39 Å². The van der Waals surface area contributed by atoms with E-state index < -0.39 is 5.82 Å². The fourth-order valence-electron chi connectivity index (χ4n) is 1.68. The first-order chi connectivity index (χ1) is 9.85. The third kappa shape index (κ3) is 4.69. The summed E-state index contributed by atoms with van der Waals surface area (Å²) in [4.78, 5) is 4.11. The Balaban J connectivity index is 2.20. The highest BCUT2D eigenvalue weighted by atomic mass is 35.5. The fraction of sp³-hybridized carbons (Fsp3) is 0.312. The first-order valence-electron chi connectivity index (χ1n) is 6.66. The Labute approximate surface area is 129 Å². The van der Waals surface area contributed by atoms with E-state index in [0.717, 1.165) is 5.56 Å². The standard InChI is InChI=1S/C16H18ClFN2O/c1-16(2,3)20-10-11-9-19-7-6-14(11)21-15-5-4-12(18)8-13(15)17/h4-9,20H,10H2,1-3H3. The molecular weight excluding hydrogens is 291 g/mol. The quantitative estimate of drug-likeness (QED) is 0.899. The molecule has 5 heteroatoms. The Morgan fingerprint density at radius 2 is 2.00 bits per heavy atom. The zero-order chi connectivity index (χ0) is 15.5. The minimum Gasteiger partial charge on any atom is -0.455 e.